The van der Waals surface area contributed by atoms with E-state index in [0.29, 0.717) is 27.4 Å². The number of carbonyl (C=O) groups is 1. The van der Waals surface area contributed by atoms with Gasteiger partial charge in [0, 0.05) is 18.3 Å². The Morgan fingerprint density at radius 3 is 1.87 bits per heavy atom. The molecule has 0 aromatic heterocycles. The number of aryl methyl sites for hydroxylation is 3. The maximum atomic E-state index is 12.6. The second-order valence-electron chi connectivity index (χ2n) is 5.59. The van der Waals surface area contributed by atoms with Crippen molar-refractivity contribution in [3.05, 3.63) is 53.1 Å². The molecule has 2 rings (SSSR count). The standard InChI is InChI=1S/C17H20N2O3S/c1-11-9-12(2)17(13(3)10-11)23(21,22)19-16-7-5-15(6-8-16)18-14(4)20/h5-10,19H,1-4H3,(H,18,20). The molecular formula is C17H20N2O3S. The van der Waals surface area contributed by atoms with Crippen LogP contribution in [0.25, 0.3) is 0 Å². The maximum Gasteiger partial charge on any atom is 0.262 e. The van der Waals surface area contributed by atoms with E-state index >= 15 is 0 Å². The number of amides is 1. The van der Waals surface area contributed by atoms with Crippen molar-refractivity contribution < 1.29 is 13.2 Å². The summed E-state index contributed by atoms with van der Waals surface area (Å²) in [4.78, 5) is 11.3. The molecule has 0 saturated heterocycles. The highest BCUT2D eigenvalue weighted by Crippen LogP contribution is 2.24. The predicted molar refractivity (Wildman–Crippen MR) is 92.2 cm³/mol. The van der Waals surface area contributed by atoms with Crippen LogP contribution in [0.4, 0.5) is 11.4 Å². The monoisotopic (exact) mass is 332 g/mol. The molecule has 0 heterocycles. The average Bonchev–Trinajstić information content (AvgIpc) is 2.38. The number of benzene rings is 2. The maximum absolute atomic E-state index is 12.6. The molecule has 0 bridgehead atoms. The summed E-state index contributed by atoms with van der Waals surface area (Å²) in [5.41, 5.74) is 3.51. The van der Waals surface area contributed by atoms with Gasteiger partial charge in [-0.3, -0.25) is 9.52 Å². The summed E-state index contributed by atoms with van der Waals surface area (Å²) in [6.45, 7) is 6.92. The fourth-order valence-electron chi connectivity index (χ4n) is 2.62. The lowest BCUT2D eigenvalue weighted by Crippen LogP contribution is -2.16. The second kappa shape index (κ2) is 6.42. The van der Waals surface area contributed by atoms with Gasteiger partial charge >= 0.3 is 0 Å². The van der Waals surface area contributed by atoms with Gasteiger partial charge in [0.25, 0.3) is 10.0 Å². The lowest BCUT2D eigenvalue weighted by Gasteiger charge is -2.14. The normalized spacial score (nSPS) is 11.1. The summed E-state index contributed by atoms with van der Waals surface area (Å²) in [7, 11) is -3.66. The van der Waals surface area contributed by atoms with Crippen molar-refractivity contribution >= 4 is 27.3 Å². The highest BCUT2D eigenvalue weighted by atomic mass is 32.2. The zero-order valence-corrected chi connectivity index (χ0v) is 14.4. The summed E-state index contributed by atoms with van der Waals surface area (Å²) in [6, 6.07) is 10.2. The van der Waals surface area contributed by atoms with Crippen LogP contribution >= 0.6 is 0 Å². The molecule has 23 heavy (non-hydrogen) atoms. The van der Waals surface area contributed by atoms with E-state index in [9.17, 15) is 13.2 Å². The Labute approximate surface area is 136 Å². The number of sulfonamides is 1. The predicted octanol–water partition coefficient (Wildman–Crippen LogP) is 3.37. The minimum absolute atomic E-state index is 0.177. The Hall–Kier alpha value is -2.34. The van der Waals surface area contributed by atoms with Crippen molar-refractivity contribution in [3.63, 3.8) is 0 Å². The lowest BCUT2D eigenvalue weighted by molar-refractivity contribution is -0.114. The first kappa shape index (κ1) is 17.0. The number of rotatable bonds is 4. The fourth-order valence-corrected chi connectivity index (χ4v) is 4.14. The van der Waals surface area contributed by atoms with Crippen LogP contribution in [0, 0.1) is 20.8 Å². The van der Waals surface area contributed by atoms with E-state index in [1.54, 1.807) is 38.1 Å². The molecule has 0 unspecified atom stereocenters. The van der Waals surface area contributed by atoms with E-state index < -0.39 is 10.0 Å². The van der Waals surface area contributed by atoms with Crippen molar-refractivity contribution in [2.24, 2.45) is 0 Å². The molecule has 5 nitrogen and oxygen atoms in total. The highest BCUT2D eigenvalue weighted by Gasteiger charge is 2.19. The van der Waals surface area contributed by atoms with Gasteiger partial charge in [-0.2, -0.15) is 0 Å². The van der Waals surface area contributed by atoms with Gasteiger partial charge in [-0.1, -0.05) is 17.7 Å². The summed E-state index contributed by atoms with van der Waals surface area (Å²) in [5, 5.41) is 2.63. The second-order valence-corrected chi connectivity index (χ2v) is 7.21. The van der Waals surface area contributed by atoms with Crippen LogP contribution in [0.2, 0.25) is 0 Å². The fraction of sp³-hybridized carbons (Fsp3) is 0.235. The molecule has 6 heteroatoms. The Bertz CT molecular complexity index is 818. The summed E-state index contributed by atoms with van der Waals surface area (Å²) < 4.78 is 27.8. The van der Waals surface area contributed by atoms with E-state index in [-0.39, 0.29) is 5.91 Å². The molecule has 0 spiro atoms. The minimum Gasteiger partial charge on any atom is -0.326 e. The molecule has 2 aromatic carbocycles. The number of nitrogens with one attached hydrogen (secondary N) is 2. The van der Waals surface area contributed by atoms with Crippen molar-refractivity contribution in [2.45, 2.75) is 32.6 Å². The molecular weight excluding hydrogens is 312 g/mol. The Kier molecular flexibility index (Phi) is 4.75. The Balaban J connectivity index is 2.30. The zero-order chi connectivity index (χ0) is 17.2. The largest absolute Gasteiger partial charge is 0.326 e. The van der Waals surface area contributed by atoms with Crippen LogP contribution in [0.1, 0.15) is 23.6 Å². The van der Waals surface area contributed by atoms with Crippen molar-refractivity contribution in [1.82, 2.24) is 0 Å². The van der Waals surface area contributed by atoms with E-state index in [0.717, 1.165) is 5.56 Å². The van der Waals surface area contributed by atoms with E-state index in [1.807, 2.05) is 19.1 Å². The first-order valence-electron chi connectivity index (χ1n) is 7.17. The molecule has 1 amide bonds. The molecule has 0 saturated carbocycles. The molecule has 0 fully saturated rings. The van der Waals surface area contributed by atoms with Gasteiger partial charge in [0.05, 0.1) is 4.90 Å². The van der Waals surface area contributed by atoms with Gasteiger partial charge in [0.1, 0.15) is 0 Å². The van der Waals surface area contributed by atoms with Crippen molar-refractivity contribution in [2.75, 3.05) is 10.0 Å². The lowest BCUT2D eigenvalue weighted by atomic mass is 10.1. The Morgan fingerprint density at radius 1 is 0.913 bits per heavy atom. The molecule has 0 atom stereocenters. The molecule has 0 aliphatic carbocycles. The Morgan fingerprint density at radius 2 is 1.39 bits per heavy atom. The van der Waals surface area contributed by atoms with Crippen LogP contribution in [0.5, 0.6) is 0 Å². The number of hydrogen-bond donors (Lipinski definition) is 2. The van der Waals surface area contributed by atoms with Crippen molar-refractivity contribution in [3.8, 4) is 0 Å². The van der Waals surface area contributed by atoms with E-state index in [1.165, 1.54) is 6.92 Å². The van der Waals surface area contributed by atoms with Gasteiger partial charge < -0.3 is 5.32 Å². The molecule has 0 aliphatic rings. The average molecular weight is 332 g/mol. The smallest absolute Gasteiger partial charge is 0.262 e. The molecule has 122 valence electrons. The van der Waals surface area contributed by atoms with E-state index in [2.05, 4.69) is 10.0 Å². The summed E-state index contributed by atoms with van der Waals surface area (Å²) in [6.07, 6.45) is 0. The topological polar surface area (TPSA) is 75.3 Å². The highest BCUT2D eigenvalue weighted by molar-refractivity contribution is 7.92. The quantitative estimate of drug-likeness (QED) is 0.901. The molecule has 2 aromatic rings. The third kappa shape index (κ3) is 4.10. The van der Waals surface area contributed by atoms with Crippen molar-refractivity contribution in [1.29, 1.82) is 0 Å². The van der Waals surface area contributed by atoms with Gasteiger partial charge in [0.15, 0.2) is 0 Å². The van der Waals surface area contributed by atoms with Gasteiger partial charge in [-0.25, -0.2) is 8.42 Å². The van der Waals surface area contributed by atoms with Crippen LogP contribution in [-0.4, -0.2) is 14.3 Å². The van der Waals surface area contributed by atoms with Gasteiger partial charge in [-0.15, -0.1) is 0 Å². The van der Waals surface area contributed by atoms with E-state index in [4.69, 9.17) is 0 Å². The first-order chi connectivity index (χ1) is 10.7. The SMILES string of the molecule is CC(=O)Nc1ccc(NS(=O)(=O)c2c(C)cc(C)cc2C)cc1. The zero-order valence-electron chi connectivity index (χ0n) is 13.6. The molecule has 2 N–H and O–H groups in total. The van der Waals surface area contributed by atoms with Crippen LogP contribution in [0.3, 0.4) is 0 Å². The number of hydrogen-bond acceptors (Lipinski definition) is 3. The van der Waals surface area contributed by atoms with Crippen LogP contribution in [0.15, 0.2) is 41.3 Å². The minimum atomic E-state index is -3.66. The molecule has 0 aliphatic heterocycles. The third-order valence-electron chi connectivity index (χ3n) is 3.33. The summed E-state index contributed by atoms with van der Waals surface area (Å²) >= 11 is 0. The summed E-state index contributed by atoms with van der Waals surface area (Å²) in [5.74, 6) is -0.177. The van der Waals surface area contributed by atoms with Crippen LogP contribution < -0.4 is 10.0 Å². The first-order valence-corrected chi connectivity index (χ1v) is 8.65. The van der Waals surface area contributed by atoms with Gasteiger partial charge in [-0.05, 0) is 56.2 Å². The van der Waals surface area contributed by atoms with Gasteiger partial charge in [0.2, 0.25) is 5.91 Å². The number of carbonyl (C=O) groups excluding carboxylic acids is 1. The number of anilines is 2. The third-order valence-corrected chi connectivity index (χ3v) is 5.02. The molecule has 0 radical (unpaired) electrons. The van der Waals surface area contributed by atoms with Crippen LogP contribution in [-0.2, 0) is 14.8 Å².